The highest BCUT2D eigenvalue weighted by atomic mass is 35.5. The number of hydrogen-bond donors (Lipinski definition) is 0. The van der Waals surface area contributed by atoms with Crippen LogP contribution in [0.3, 0.4) is 0 Å². The Labute approximate surface area is 81.3 Å². The van der Waals surface area contributed by atoms with Crippen LogP contribution in [-0.2, 0) is 0 Å². The molecule has 0 heterocycles. The monoisotopic (exact) mass is 226 g/mol. The van der Waals surface area contributed by atoms with Gasteiger partial charge in [0.25, 0.3) is 0 Å². The van der Waals surface area contributed by atoms with Gasteiger partial charge in [0.05, 0.1) is 10.6 Å². The summed E-state index contributed by atoms with van der Waals surface area (Å²) in [6.07, 6.45) is -3.37. The van der Waals surface area contributed by atoms with E-state index in [0.717, 1.165) is 0 Å². The fraction of sp³-hybridized carbons (Fsp3) is 0.125. The number of carbonyl (C=O) groups excluding carboxylic acids is 1. The summed E-state index contributed by atoms with van der Waals surface area (Å²) >= 11 is 5.24. The molecule has 1 aromatic rings. The number of benzene rings is 1. The van der Waals surface area contributed by atoms with Crippen LogP contribution in [0.15, 0.2) is 12.1 Å². The molecule has 0 amide bonds. The topological polar surface area (TPSA) is 17.1 Å². The van der Waals surface area contributed by atoms with Gasteiger partial charge >= 0.3 is 6.43 Å². The van der Waals surface area contributed by atoms with E-state index < -0.39 is 34.4 Å². The highest BCUT2D eigenvalue weighted by Crippen LogP contribution is 2.23. The fourth-order valence-electron chi connectivity index (χ4n) is 0.887. The van der Waals surface area contributed by atoms with Crippen LogP contribution < -0.4 is 0 Å². The van der Waals surface area contributed by atoms with E-state index in [1.165, 1.54) is 0 Å². The second kappa shape index (κ2) is 3.96. The lowest BCUT2D eigenvalue weighted by atomic mass is 10.1. The molecule has 6 heteroatoms. The molecule has 14 heavy (non-hydrogen) atoms. The summed E-state index contributed by atoms with van der Waals surface area (Å²) in [5.41, 5.74) is -0.983. The molecule has 0 aliphatic rings. The highest BCUT2D eigenvalue weighted by Gasteiger charge is 2.24. The lowest BCUT2D eigenvalue weighted by Gasteiger charge is -2.03. The Morgan fingerprint density at radius 3 is 2.29 bits per heavy atom. The number of rotatable bonds is 2. The molecule has 1 rings (SSSR count). The van der Waals surface area contributed by atoms with Gasteiger partial charge in [-0.2, -0.15) is 0 Å². The van der Waals surface area contributed by atoms with Crippen molar-refractivity contribution in [3.63, 3.8) is 0 Å². The van der Waals surface area contributed by atoms with Crippen LogP contribution >= 0.6 is 11.6 Å². The molecule has 0 unspecified atom stereocenters. The van der Waals surface area contributed by atoms with E-state index in [1.54, 1.807) is 0 Å². The van der Waals surface area contributed by atoms with Crippen LogP contribution in [-0.4, -0.2) is 12.2 Å². The summed E-state index contributed by atoms with van der Waals surface area (Å²) < 4.78 is 49.1. The van der Waals surface area contributed by atoms with Gasteiger partial charge in [-0.25, -0.2) is 17.6 Å². The predicted molar refractivity (Wildman–Crippen MR) is 41.7 cm³/mol. The van der Waals surface area contributed by atoms with Crippen molar-refractivity contribution in [3.05, 3.63) is 34.4 Å². The lowest BCUT2D eigenvalue weighted by Crippen LogP contribution is -2.13. The van der Waals surface area contributed by atoms with Gasteiger partial charge in [-0.3, -0.25) is 4.79 Å². The molecule has 0 aliphatic carbocycles. The van der Waals surface area contributed by atoms with Crippen LogP contribution in [0.25, 0.3) is 0 Å². The van der Waals surface area contributed by atoms with E-state index in [2.05, 4.69) is 0 Å². The molecule has 0 fully saturated rings. The number of halogens is 5. The Hall–Kier alpha value is -1.10. The van der Waals surface area contributed by atoms with Gasteiger partial charge in [0, 0.05) is 6.07 Å². The van der Waals surface area contributed by atoms with Crippen molar-refractivity contribution in [1.29, 1.82) is 0 Å². The molecule has 0 saturated heterocycles. The summed E-state index contributed by atoms with van der Waals surface area (Å²) in [7, 11) is 0. The average molecular weight is 227 g/mol. The van der Waals surface area contributed by atoms with Gasteiger partial charge < -0.3 is 0 Å². The number of Topliss-reactive ketones (excluding diaryl/α,β-unsaturated/α-hetero) is 1. The van der Waals surface area contributed by atoms with Crippen molar-refractivity contribution >= 4 is 17.4 Å². The molecule has 0 N–H and O–H groups in total. The van der Waals surface area contributed by atoms with Crippen LogP contribution in [0.1, 0.15) is 10.4 Å². The van der Waals surface area contributed by atoms with E-state index in [4.69, 9.17) is 11.6 Å². The molecule has 1 nitrogen and oxygen atoms in total. The molecule has 0 saturated carbocycles. The third-order valence-corrected chi connectivity index (χ3v) is 1.75. The Kier molecular flexibility index (Phi) is 3.10. The zero-order valence-corrected chi connectivity index (χ0v) is 7.29. The van der Waals surface area contributed by atoms with E-state index in [-0.39, 0.29) is 0 Å². The van der Waals surface area contributed by atoms with Crippen molar-refractivity contribution in [2.45, 2.75) is 6.43 Å². The van der Waals surface area contributed by atoms with Gasteiger partial charge in [-0.1, -0.05) is 11.6 Å². The van der Waals surface area contributed by atoms with Crippen LogP contribution in [0.4, 0.5) is 17.6 Å². The molecule has 1 aromatic carbocycles. The molecule has 0 aliphatic heterocycles. The van der Waals surface area contributed by atoms with Gasteiger partial charge in [0.1, 0.15) is 11.6 Å². The van der Waals surface area contributed by atoms with Crippen LogP contribution in [0, 0.1) is 11.6 Å². The maximum Gasteiger partial charge on any atom is 0.300 e. The van der Waals surface area contributed by atoms with Crippen molar-refractivity contribution in [3.8, 4) is 0 Å². The van der Waals surface area contributed by atoms with Crippen LogP contribution in [0.5, 0.6) is 0 Å². The van der Waals surface area contributed by atoms with E-state index in [9.17, 15) is 22.4 Å². The molecule has 0 atom stereocenters. The normalized spacial score (nSPS) is 10.7. The van der Waals surface area contributed by atoms with Crippen molar-refractivity contribution in [2.24, 2.45) is 0 Å². The Bertz CT molecular complexity index is 355. The second-order valence-electron chi connectivity index (χ2n) is 2.41. The van der Waals surface area contributed by atoms with Gasteiger partial charge in [0.2, 0.25) is 5.78 Å². The first-order valence-corrected chi connectivity index (χ1v) is 3.78. The fourth-order valence-corrected chi connectivity index (χ4v) is 1.17. The minimum Gasteiger partial charge on any atom is -0.288 e. The second-order valence-corrected chi connectivity index (χ2v) is 2.82. The van der Waals surface area contributed by atoms with Gasteiger partial charge in [-0.05, 0) is 6.07 Å². The standard InChI is InChI=1S/C8H3ClF4O/c9-4-1-3(10)2-5(11)6(4)7(14)8(12)13/h1-2,8H. The minimum absolute atomic E-state index is 0.321. The summed E-state index contributed by atoms with van der Waals surface area (Å²) in [5.74, 6) is -4.17. The van der Waals surface area contributed by atoms with E-state index >= 15 is 0 Å². The summed E-state index contributed by atoms with van der Waals surface area (Å²) in [6, 6.07) is 0.918. The minimum atomic E-state index is -3.37. The SMILES string of the molecule is O=C(c1c(F)cc(F)cc1Cl)C(F)F. The zero-order chi connectivity index (χ0) is 10.9. The third kappa shape index (κ3) is 2.04. The smallest absolute Gasteiger partial charge is 0.288 e. The zero-order valence-electron chi connectivity index (χ0n) is 6.53. The van der Waals surface area contributed by atoms with Crippen LogP contribution in [0.2, 0.25) is 5.02 Å². The Balaban J connectivity index is 3.28. The number of carbonyl (C=O) groups is 1. The molecule has 0 bridgehead atoms. The van der Waals surface area contributed by atoms with Crippen molar-refractivity contribution in [1.82, 2.24) is 0 Å². The maximum atomic E-state index is 12.8. The Morgan fingerprint density at radius 2 is 1.86 bits per heavy atom. The number of alkyl halides is 2. The van der Waals surface area contributed by atoms with Gasteiger partial charge in [-0.15, -0.1) is 0 Å². The van der Waals surface area contributed by atoms with Crippen molar-refractivity contribution < 1.29 is 22.4 Å². The van der Waals surface area contributed by atoms with Crippen molar-refractivity contribution in [2.75, 3.05) is 0 Å². The molecular weight excluding hydrogens is 224 g/mol. The molecule has 0 radical (unpaired) electrons. The quantitative estimate of drug-likeness (QED) is 0.560. The summed E-state index contributed by atoms with van der Waals surface area (Å²) in [6.45, 7) is 0. The Morgan fingerprint density at radius 1 is 1.29 bits per heavy atom. The number of ketones is 1. The first kappa shape index (κ1) is 11.0. The third-order valence-electron chi connectivity index (χ3n) is 1.45. The van der Waals surface area contributed by atoms with E-state index in [0.29, 0.717) is 12.1 Å². The highest BCUT2D eigenvalue weighted by molar-refractivity contribution is 6.34. The molecule has 76 valence electrons. The summed E-state index contributed by atoms with van der Waals surface area (Å²) in [5, 5.41) is -0.659. The summed E-state index contributed by atoms with van der Waals surface area (Å²) in [4.78, 5) is 10.7. The lowest BCUT2D eigenvalue weighted by molar-refractivity contribution is 0.0674. The molecular formula is C8H3ClF4O. The average Bonchev–Trinajstić information content (AvgIpc) is 2.01. The number of hydrogen-bond acceptors (Lipinski definition) is 1. The first-order chi connectivity index (χ1) is 6.43. The first-order valence-electron chi connectivity index (χ1n) is 3.40. The predicted octanol–water partition coefficient (Wildman–Crippen LogP) is 3.07. The molecule has 0 spiro atoms. The van der Waals surface area contributed by atoms with E-state index in [1.807, 2.05) is 0 Å². The maximum absolute atomic E-state index is 12.8. The largest absolute Gasteiger partial charge is 0.300 e. The van der Waals surface area contributed by atoms with Gasteiger partial charge in [0.15, 0.2) is 0 Å². The molecule has 0 aromatic heterocycles.